The molecule has 1 saturated heterocycles. The third-order valence-corrected chi connectivity index (χ3v) is 2.86. The van der Waals surface area contributed by atoms with Crippen LogP contribution in [0.1, 0.15) is 24.1 Å². The van der Waals surface area contributed by atoms with E-state index < -0.39 is 11.7 Å². The summed E-state index contributed by atoms with van der Waals surface area (Å²) in [6.45, 7) is 3.27. The topological polar surface area (TPSA) is 21.3 Å². The summed E-state index contributed by atoms with van der Waals surface area (Å²) in [5.41, 5.74) is 0.241. The van der Waals surface area contributed by atoms with Crippen LogP contribution in [-0.2, 0) is 10.9 Å². The molecule has 1 atom stereocenters. The van der Waals surface area contributed by atoms with Gasteiger partial charge in [-0.3, -0.25) is 0 Å². The molecule has 1 aliphatic heterocycles. The maximum Gasteiger partial charge on any atom is 0.416 e. The second-order valence-corrected chi connectivity index (χ2v) is 4.24. The Labute approximate surface area is 97.8 Å². The predicted octanol–water partition coefficient (Wildman–Crippen LogP) is 2.75. The van der Waals surface area contributed by atoms with E-state index in [4.69, 9.17) is 4.74 Å². The first-order valence-electron chi connectivity index (χ1n) is 5.48. The second kappa shape index (κ2) is 4.66. The third-order valence-electron chi connectivity index (χ3n) is 2.86. The van der Waals surface area contributed by atoms with Crippen molar-refractivity contribution in [3.8, 4) is 0 Å². The molecule has 1 heterocycles. The van der Waals surface area contributed by atoms with Crippen LogP contribution in [0.15, 0.2) is 24.3 Å². The normalized spacial score (nSPS) is 18.8. The molecule has 1 fully saturated rings. The molecule has 0 amide bonds. The molecule has 1 N–H and O–H groups in total. The van der Waals surface area contributed by atoms with E-state index in [-0.39, 0.29) is 6.04 Å². The standard InChI is InChI=1S/C12H14F3NO/c1-8(16-11-6-17-7-11)9-2-4-10(5-3-9)12(13,14)15/h2-5,8,11,16H,6-7H2,1H3. The Morgan fingerprint density at radius 3 is 2.24 bits per heavy atom. The Kier molecular flexibility index (Phi) is 3.40. The molecular formula is C12H14F3NO. The van der Waals surface area contributed by atoms with E-state index in [1.807, 2.05) is 6.92 Å². The van der Waals surface area contributed by atoms with E-state index in [0.717, 1.165) is 17.7 Å². The van der Waals surface area contributed by atoms with Crippen molar-refractivity contribution in [1.82, 2.24) is 5.32 Å². The van der Waals surface area contributed by atoms with Gasteiger partial charge in [0.15, 0.2) is 0 Å². The fraction of sp³-hybridized carbons (Fsp3) is 0.500. The van der Waals surface area contributed by atoms with E-state index in [1.165, 1.54) is 12.1 Å². The Hall–Kier alpha value is -1.07. The zero-order chi connectivity index (χ0) is 12.5. The van der Waals surface area contributed by atoms with Gasteiger partial charge in [0.25, 0.3) is 0 Å². The molecule has 0 saturated carbocycles. The van der Waals surface area contributed by atoms with Gasteiger partial charge in [0, 0.05) is 6.04 Å². The number of rotatable bonds is 3. The fourth-order valence-electron chi connectivity index (χ4n) is 1.74. The fourth-order valence-corrected chi connectivity index (χ4v) is 1.74. The minimum Gasteiger partial charge on any atom is -0.378 e. The summed E-state index contributed by atoms with van der Waals surface area (Å²) in [5.74, 6) is 0. The number of benzene rings is 1. The molecular weight excluding hydrogens is 231 g/mol. The number of halogens is 3. The minimum absolute atomic E-state index is 0.0335. The summed E-state index contributed by atoms with van der Waals surface area (Å²) in [4.78, 5) is 0. The summed E-state index contributed by atoms with van der Waals surface area (Å²) in [6, 6.07) is 5.61. The van der Waals surface area contributed by atoms with Crippen LogP contribution in [0, 0.1) is 0 Å². The highest BCUT2D eigenvalue weighted by Gasteiger charge is 2.30. The van der Waals surface area contributed by atoms with Gasteiger partial charge in [0.2, 0.25) is 0 Å². The van der Waals surface area contributed by atoms with Crippen molar-refractivity contribution >= 4 is 0 Å². The van der Waals surface area contributed by atoms with E-state index in [9.17, 15) is 13.2 Å². The van der Waals surface area contributed by atoms with E-state index in [0.29, 0.717) is 19.3 Å². The van der Waals surface area contributed by atoms with Gasteiger partial charge in [-0.2, -0.15) is 13.2 Å². The highest BCUT2D eigenvalue weighted by atomic mass is 19.4. The first-order valence-corrected chi connectivity index (χ1v) is 5.48. The van der Waals surface area contributed by atoms with Gasteiger partial charge >= 0.3 is 6.18 Å². The maximum absolute atomic E-state index is 12.4. The van der Waals surface area contributed by atoms with E-state index in [1.54, 1.807) is 0 Å². The predicted molar refractivity (Wildman–Crippen MR) is 57.6 cm³/mol. The lowest BCUT2D eigenvalue weighted by molar-refractivity contribution is -0.137. The van der Waals surface area contributed by atoms with Crippen LogP contribution in [0.3, 0.4) is 0 Å². The van der Waals surface area contributed by atoms with Gasteiger partial charge in [-0.05, 0) is 24.6 Å². The first kappa shape index (κ1) is 12.4. The van der Waals surface area contributed by atoms with Crippen molar-refractivity contribution in [3.63, 3.8) is 0 Å². The molecule has 0 spiro atoms. The number of ether oxygens (including phenoxy) is 1. The van der Waals surface area contributed by atoms with Gasteiger partial charge in [-0.25, -0.2) is 0 Å². The quantitative estimate of drug-likeness (QED) is 0.884. The van der Waals surface area contributed by atoms with Crippen LogP contribution in [-0.4, -0.2) is 19.3 Å². The lowest BCUT2D eigenvalue weighted by Crippen LogP contribution is -2.46. The van der Waals surface area contributed by atoms with Crippen molar-refractivity contribution < 1.29 is 17.9 Å². The summed E-state index contributed by atoms with van der Waals surface area (Å²) >= 11 is 0. The Morgan fingerprint density at radius 1 is 1.24 bits per heavy atom. The molecule has 1 unspecified atom stereocenters. The molecule has 1 aromatic rings. The average molecular weight is 245 g/mol. The highest BCUT2D eigenvalue weighted by molar-refractivity contribution is 5.26. The van der Waals surface area contributed by atoms with Gasteiger partial charge in [0.05, 0.1) is 24.8 Å². The number of nitrogens with one attached hydrogen (secondary N) is 1. The lowest BCUT2D eigenvalue weighted by Gasteiger charge is -2.30. The molecule has 1 aliphatic rings. The van der Waals surface area contributed by atoms with Crippen molar-refractivity contribution in [3.05, 3.63) is 35.4 Å². The van der Waals surface area contributed by atoms with Gasteiger partial charge < -0.3 is 10.1 Å². The van der Waals surface area contributed by atoms with Crippen molar-refractivity contribution in [2.24, 2.45) is 0 Å². The Morgan fingerprint density at radius 2 is 1.82 bits per heavy atom. The maximum atomic E-state index is 12.4. The summed E-state index contributed by atoms with van der Waals surface area (Å²) in [7, 11) is 0. The SMILES string of the molecule is CC(NC1COC1)c1ccc(C(F)(F)F)cc1. The zero-order valence-corrected chi connectivity index (χ0v) is 9.42. The molecule has 5 heteroatoms. The minimum atomic E-state index is -4.27. The smallest absolute Gasteiger partial charge is 0.378 e. The van der Waals surface area contributed by atoms with E-state index in [2.05, 4.69) is 5.32 Å². The molecule has 1 aromatic carbocycles. The summed E-state index contributed by atoms with van der Waals surface area (Å²) in [5, 5.41) is 3.28. The molecule has 17 heavy (non-hydrogen) atoms. The molecule has 0 aliphatic carbocycles. The van der Waals surface area contributed by atoms with Crippen LogP contribution >= 0.6 is 0 Å². The van der Waals surface area contributed by atoms with Crippen LogP contribution in [0.2, 0.25) is 0 Å². The van der Waals surface area contributed by atoms with Gasteiger partial charge in [-0.15, -0.1) is 0 Å². The van der Waals surface area contributed by atoms with E-state index >= 15 is 0 Å². The lowest BCUT2D eigenvalue weighted by atomic mass is 10.0. The largest absolute Gasteiger partial charge is 0.416 e. The van der Waals surface area contributed by atoms with Crippen LogP contribution in [0.25, 0.3) is 0 Å². The third kappa shape index (κ3) is 2.98. The van der Waals surface area contributed by atoms with Gasteiger partial charge in [-0.1, -0.05) is 12.1 Å². The summed E-state index contributed by atoms with van der Waals surface area (Å²) < 4.78 is 42.1. The molecule has 0 aromatic heterocycles. The van der Waals surface area contributed by atoms with Crippen LogP contribution in [0.4, 0.5) is 13.2 Å². The Balaban J connectivity index is 2.01. The molecule has 0 radical (unpaired) electrons. The molecule has 94 valence electrons. The molecule has 0 bridgehead atoms. The van der Waals surface area contributed by atoms with Crippen LogP contribution < -0.4 is 5.32 Å². The average Bonchev–Trinajstić information content (AvgIpc) is 2.22. The monoisotopic (exact) mass is 245 g/mol. The Bertz CT molecular complexity index is 370. The summed E-state index contributed by atoms with van der Waals surface area (Å²) in [6.07, 6.45) is -4.27. The molecule has 2 rings (SSSR count). The van der Waals surface area contributed by atoms with Gasteiger partial charge in [0.1, 0.15) is 0 Å². The van der Waals surface area contributed by atoms with Crippen LogP contribution in [0.5, 0.6) is 0 Å². The second-order valence-electron chi connectivity index (χ2n) is 4.24. The van der Waals surface area contributed by atoms with Crippen molar-refractivity contribution in [1.29, 1.82) is 0 Å². The number of hydrogen-bond acceptors (Lipinski definition) is 2. The number of hydrogen-bond donors (Lipinski definition) is 1. The highest BCUT2D eigenvalue weighted by Crippen LogP contribution is 2.29. The zero-order valence-electron chi connectivity index (χ0n) is 9.42. The first-order chi connectivity index (χ1) is 7.97. The van der Waals surface area contributed by atoms with Crippen molar-refractivity contribution in [2.45, 2.75) is 25.2 Å². The molecule has 2 nitrogen and oxygen atoms in total. The van der Waals surface area contributed by atoms with Crippen molar-refractivity contribution in [2.75, 3.05) is 13.2 Å². The number of alkyl halides is 3.